The second-order valence-electron chi connectivity index (χ2n) is 2.97. The van der Waals surface area contributed by atoms with E-state index in [0.29, 0.717) is 6.61 Å². The molecule has 2 rings (SSSR count). The van der Waals surface area contributed by atoms with Crippen molar-refractivity contribution in [2.75, 3.05) is 0 Å². The zero-order valence-corrected chi connectivity index (χ0v) is 10.2. The Labute approximate surface area is 100 Å². The van der Waals surface area contributed by atoms with E-state index >= 15 is 0 Å². The van der Waals surface area contributed by atoms with Gasteiger partial charge in [0.15, 0.2) is 0 Å². The summed E-state index contributed by atoms with van der Waals surface area (Å²) in [4.78, 5) is 1.16. The van der Waals surface area contributed by atoms with Crippen molar-refractivity contribution in [3.63, 3.8) is 0 Å². The first-order chi connectivity index (χ1) is 7.25. The number of ether oxygens (including phenoxy) is 1. The molecule has 0 aliphatic rings. The summed E-state index contributed by atoms with van der Waals surface area (Å²) in [5.74, 6) is 1.01. The molecule has 2 aromatic rings. The van der Waals surface area contributed by atoms with Gasteiger partial charge >= 0.3 is 0 Å². The van der Waals surface area contributed by atoms with E-state index in [-0.39, 0.29) is 5.75 Å². The average Bonchev–Trinajstić information content (AvgIpc) is 2.63. The van der Waals surface area contributed by atoms with Crippen molar-refractivity contribution < 1.29 is 9.84 Å². The first-order valence-electron chi connectivity index (χ1n) is 4.39. The third kappa shape index (κ3) is 2.73. The van der Waals surface area contributed by atoms with Gasteiger partial charge < -0.3 is 9.84 Å². The molecule has 0 amide bonds. The van der Waals surface area contributed by atoms with Crippen LogP contribution in [0, 0.1) is 0 Å². The Morgan fingerprint density at radius 3 is 2.53 bits per heavy atom. The summed E-state index contributed by atoms with van der Waals surface area (Å²) in [6.45, 7) is 0.545. The van der Waals surface area contributed by atoms with Crippen LogP contribution < -0.4 is 4.74 Å². The van der Waals surface area contributed by atoms with Crippen LogP contribution in [0.15, 0.2) is 40.2 Å². The van der Waals surface area contributed by atoms with E-state index in [0.717, 1.165) is 15.1 Å². The van der Waals surface area contributed by atoms with Crippen molar-refractivity contribution in [2.45, 2.75) is 6.61 Å². The Hall–Kier alpha value is -1.00. The van der Waals surface area contributed by atoms with Crippen molar-refractivity contribution >= 4 is 27.3 Å². The molecule has 0 bridgehead atoms. The summed E-state index contributed by atoms with van der Waals surface area (Å²) in [6.07, 6.45) is 0. The van der Waals surface area contributed by atoms with Crippen LogP contribution in [-0.2, 0) is 6.61 Å². The van der Waals surface area contributed by atoms with Gasteiger partial charge in [-0.15, -0.1) is 11.3 Å². The maximum Gasteiger partial charge on any atom is 0.124 e. The van der Waals surface area contributed by atoms with E-state index < -0.39 is 0 Å². The zero-order valence-electron chi connectivity index (χ0n) is 7.81. The van der Waals surface area contributed by atoms with E-state index in [1.807, 2.05) is 11.4 Å². The minimum absolute atomic E-state index is 0.250. The van der Waals surface area contributed by atoms with E-state index in [9.17, 15) is 0 Å². The predicted molar refractivity (Wildman–Crippen MR) is 64.5 cm³/mol. The number of phenols is 1. The second kappa shape index (κ2) is 4.68. The summed E-state index contributed by atoms with van der Waals surface area (Å²) in [7, 11) is 0. The van der Waals surface area contributed by atoms with Crippen LogP contribution in [0.4, 0.5) is 0 Å². The molecule has 0 aliphatic carbocycles. The number of hydrogen-bond acceptors (Lipinski definition) is 3. The fourth-order valence-electron chi connectivity index (χ4n) is 1.12. The Bertz CT molecular complexity index is 436. The highest BCUT2D eigenvalue weighted by Crippen LogP contribution is 2.24. The highest BCUT2D eigenvalue weighted by Gasteiger charge is 2.02. The molecule has 0 radical (unpaired) electrons. The molecule has 0 aliphatic heterocycles. The molecular weight excluding hydrogens is 276 g/mol. The summed E-state index contributed by atoms with van der Waals surface area (Å²) in [5, 5.41) is 11.1. The van der Waals surface area contributed by atoms with Crippen LogP contribution in [-0.4, -0.2) is 5.11 Å². The molecule has 1 heterocycles. The third-order valence-electron chi connectivity index (χ3n) is 1.90. The molecule has 4 heteroatoms. The number of rotatable bonds is 3. The number of benzene rings is 1. The minimum atomic E-state index is 0.250. The summed E-state index contributed by atoms with van der Waals surface area (Å²) in [5.41, 5.74) is 0. The molecule has 15 heavy (non-hydrogen) atoms. The molecule has 2 nitrogen and oxygen atoms in total. The van der Waals surface area contributed by atoms with E-state index in [2.05, 4.69) is 15.9 Å². The lowest BCUT2D eigenvalue weighted by molar-refractivity contribution is 0.308. The molecule has 1 aromatic heterocycles. The van der Waals surface area contributed by atoms with Crippen molar-refractivity contribution in [1.82, 2.24) is 0 Å². The largest absolute Gasteiger partial charge is 0.508 e. The highest BCUT2D eigenvalue weighted by molar-refractivity contribution is 9.10. The molecule has 0 unspecified atom stereocenters. The van der Waals surface area contributed by atoms with Gasteiger partial charge in [-0.05, 0) is 51.6 Å². The first kappa shape index (κ1) is 10.5. The maximum absolute atomic E-state index is 9.09. The Kier molecular flexibility index (Phi) is 3.28. The van der Waals surface area contributed by atoms with Gasteiger partial charge in [0.05, 0.1) is 4.88 Å². The summed E-state index contributed by atoms with van der Waals surface area (Å²) in [6, 6.07) is 8.71. The van der Waals surface area contributed by atoms with Gasteiger partial charge in [0.2, 0.25) is 0 Å². The average molecular weight is 285 g/mol. The van der Waals surface area contributed by atoms with E-state index in [1.54, 1.807) is 35.6 Å². The van der Waals surface area contributed by atoms with Crippen molar-refractivity contribution in [3.05, 3.63) is 45.1 Å². The fourth-order valence-corrected chi connectivity index (χ4v) is 2.50. The van der Waals surface area contributed by atoms with Crippen LogP contribution >= 0.6 is 27.3 Å². The molecule has 1 aromatic carbocycles. The Balaban J connectivity index is 1.99. The highest BCUT2D eigenvalue weighted by atomic mass is 79.9. The maximum atomic E-state index is 9.09. The Morgan fingerprint density at radius 1 is 1.20 bits per heavy atom. The number of aromatic hydroxyl groups is 1. The van der Waals surface area contributed by atoms with Gasteiger partial charge in [-0.3, -0.25) is 0 Å². The summed E-state index contributed by atoms with van der Waals surface area (Å²) >= 11 is 5.09. The molecule has 1 N–H and O–H groups in total. The van der Waals surface area contributed by atoms with Crippen molar-refractivity contribution in [3.8, 4) is 11.5 Å². The quantitative estimate of drug-likeness (QED) is 0.929. The van der Waals surface area contributed by atoms with Crippen LogP contribution in [0.5, 0.6) is 11.5 Å². The van der Waals surface area contributed by atoms with Gasteiger partial charge in [0.25, 0.3) is 0 Å². The first-order valence-corrected chi connectivity index (χ1v) is 6.06. The van der Waals surface area contributed by atoms with Crippen molar-refractivity contribution in [2.24, 2.45) is 0 Å². The van der Waals surface area contributed by atoms with Crippen LogP contribution in [0.25, 0.3) is 0 Å². The SMILES string of the molecule is Oc1ccc(OCc2sccc2Br)cc1. The Morgan fingerprint density at radius 2 is 1.93 bits per heavy atom. The fraction of sp³-hybridized carbons (Fsp3) is 0.0909. The monoisotopic (exact) mass is 284 g/mol. The normalized spacial score (nSPS) is 10.2. The number of thiophene rings is 1. The lowest BCUT2D eigenvalue weighted by atomic mass is 10.3. The van der Waals surface area contributed by atoms with Gasteiger partial charge in [-0.2, -0.15) is 0 Å². The topological polar surface area (TPSA) is 29.5 Å². The number of hydrogen-bond donors (Lipinski definition) is 1. The molecule has 78 valence electrons. The lowest BCUT2D eigenvalue weighted by Crippen LogP contribution is -1.92. The predicted octanol–water partition coefficient (Wildman–Crippen LogP) is 3.80. The number of halogens is 1. The molecule has 0 saturated heterocycles. The van der Waals surface area contributed by atoms with E-state index in [4.69, 9.17) is 9.84 Å². The van der Waals surface area contributed by atoms with Gasteiger partial charge in [-0.25, -0.2) is 0 Å². The van der Waals surface area contributed by atoms with Crippen molar-refractivity contribution in [1.29, 1.82) is 0 Å². The van der Waals surface area contributed by atoms with Gasteiger partial charge in [-0.1, -0.05) is 0 Å². The lowest BCUT2D eigenvalue weighted by Gasteiger charge is -2.04. The molecule has 0 atom stereocenters. The van der Waals surface area contributed by atoms with Gasteiger partial charge in [0.1, 0.15) is 18.1 Å². The van der Waals surface area contributed by atoms with E-state index in [1.165, 1.54) is 0 Å². The molecular formula is C11H9BrO2S. The smallest absolute Gasteiger partial charge is 0.124 e. The minimum Gasteiger partial charge on any atom is -0.508 e. The number of phenolic OH excluding ortho intramolecular Hbond substituents is 1. The van der Waals surface area contributed by atoms with Gasteiger partial charge in [0, 0.05) is 4.47 Å². The van der Waals surface area contributed by atoms with Crippen LogP contribution in [0.3, 0.4) is 0 Å². The second-order valence-corrected chi connectivity index (χ2v) is 4.83. The summed E-state index contributed by atoms with van der Waals surface area (Å²) < 4.78 is 6.63. The molecule has 0 fully saturated rings. The standard InChI is InChI=1S/C11H9BrO2S/c12-10-5-6-15-11(10)7-14-9-3-1-8(13)2-4-9/h1-6,13H,7H2. The van der Waals surface area contributed by atoms with Crippen LogP contribution in [0.1, 0.15) is 4.88 Å². The van der Waals surface area contributed by atoms with Crippen LogP contribution in [0.2, 0.25) is 0 Å². The molecule has 0 spiro atoms. The third-order valence-corrected chi connectivity index (χ3v) is 3.80. The zero-order chi connectivity index (χ0) is 10.7. The molecule has 0 saturated carbocycles.